The van der Waals surface area contributed by atoms with Crippen molar-refractivity contribution < 1.29 is 5.11 Å². The van der Waals surface area contributed by atoms with Crippen LogP contribution in [0.2, 0.25) is 0 Å². The van der Waals surface area contributed by atoms with E-state index < -0.39 is 0 Å². The summed E-state index contributed by atoms with van der Waals surface area (Å²) in [5.74, 6) is 1.71. The van der Waals surface area contributed by atoms with Crippen LogP contribution in [0.1, 0.15) is 66.2 Å². The van der Waals surface area contributed by atoms with Gasteiger partial charge in [-0.05, 0) is 31.6 Å². The molecule has 16 heavy (non-hydrogen) atoms. The fraction of sp³-hybridized carbons (Fsp3) is 0.867. The standard InChI is InChI=1S/C15H30O/c1-13(2)7-5-8-14(3)9-6-10-15(4)11-12-16/h11,13-14,16H,5-10,12H2,1-4H3/t14-/m1/s1. The lowest BCUT2D eigenvalue weighted by Crippen LogP contribution is -1.97. The first-order chi connectivity index (χ1) is 7.56. The maximum absolute atomic E-state index is 8.74. The summed E-state index contributed by atoms with van der Waals surface area (Å²) in [7, 11) is 0. The molecule has 1 atom stereocenters. The molecule has 0 saturated heterocycles. The topological polar surface area (TPSA) is 20.2 Å². The Hall–Kier alpha value is -0.300. The Morgan fingerprint density at radius 1 is 1.06 bits per heavy atom. The Balaban J connectivity index is 3.43. The van der Waals surface area contributed by atoms with Crippen LogP contribution in [0, 0.1) is 11.8 Å². The minimum atomic E-state index is 0.190. The van der Waals surface area contributed by atoms with E-state index >= 15 is 0 Å². The van der Waals surface area contributed by atoms with Crippen molar-refractivity contribution in [3.05, 3.63) is 11.6 Å². The molecule has 96 valence electrons. The second kappa shape index (κ2) is 9.89. The first kappa shape index (κ1) is 15.7. The second-order valence-electron chi connectivity index (χ2n) is 5.56. The van der Waals surface area contributed by atoms with Crippen LogP contribution in [0.15, 0.2) is 11.6 Å². The van der Waals surface area contributed by atoms with E-state index in [0.717, 1.165) is 18.3 Å². The van der Waals surface area contributed by atoms with Gasteiger partial charge in [0.2, 0.25) is 0 Å². The van der Waals surface area contributed by atoms with Crippen molar-refractivity contribution in [1.29, 1.82) is 0 Å². The number of aliphatic hydroxyl groups excluding tert-OH is 1. The molecule has 0 unspecified atom stereocenters. The van der Waals surface area contributed by atoms with Crippen LogP contribution in [0.25, 0.3) is 0 Å². The minimum absolute atomic E-state index is 0.190. The van der Waals surface area contributed by atoms with Gasteiger partial charge in [0, 0.05) is 0 Å². The first-order valence-electron chi connectivity index (χ1n) is 6.82. The summed E-state index contributed by atoms with van der Waals surface area (Å²) >= 11 is 0. The van der Waals surface area contributed by atoms with Gasteiger partial charge >= 0.3 is 0 Å². The fourth-order valence-corrected chi connectivity index (χ4v) is 2.01. The minimum Gasteiger partial charge on any atom is -0.392 e. The van der Waals surface area contributed by atoms with Crippen molar-refractivity contribution in [2.75, 3.05) is 6.61 Å². The van der Waals surface area contributed by atoms with Crippen molar-refractivity contribution in [1.82, 2.24) is 0 Å². The molecule has 1 heteroatoms. The SMILES string of the molecule is CC(=CCO)CCC[C@H](C)CCCC(C)C. The molecule has 0 spiro atoms. The maximum Gasteiger partial charge on any atom is 0.0614 e. The predicted molar refractivity (Wildman–Crippen MR) is 72.5 cm³/mol. The van der Waals surface area contributed by atoms with Gasteiger partial charge in [-0.1, -0.05) is 58.1 Å². The Morgan fingerprint density at radius 3 is 2.25 bits per heavy atom. The average molecular weight is 226 g/mol. The molecule has 0 aromatic heterocycles. The molecule has 0 radical (unpaired) electrons. The van der Waals surface area contributed by atoms with Crippen LogP contribution in [0.3, 0.4) is 0 Å². The van der Waals surface area contributed by atoms with Crippen molar-refractivity contribution in [3.63, 3.8) is 0 Å². The summed E-state index contributed by atoms with van der Waals surface area (Å²) in [5, 5.41) is 8.74. The highest BCUT2D eigenvalue weighted by Crippen LogP contribution is 2.18. The third-order valence-electron chi connectivity index (χ3n) is 3.19. The van der Waals surface area contributed by atoms with Gasteiger partial charge in [-0.2, -0.15) is 0 Å². The molecule has 0 rings (SSSR count). The van der Waals surface area contributed by atoms with E-state index in [1.54, 1.807) is 0 Å². The van der Waals surface area contributed by atoms with Gasteiger partial charge in [-0.3, -0.25) is 0 Å². The van der Waals surface area contributed by atoms with Crippen molar-refractivity contribution in [3.8, 4) is 0 Å². The molecule has 0 bridgehead atoms. The van der Waals surface area contributed by atoms with Crippen LogP contribution in [0.5, 0.6) is 0 Å². The smallest absolute Gasteiger partial charge is 0.0614 e. The van der Waals surface area contributed by atoms with Gasteiger partial charge in [0.25, 0.3) is 0 Å². The lowest BCUT2D eigenvalue weighted by atomic mass is 9.94. The lowest BCUT2D eigenvalue weighted by Gasteiger charge is -2.12. The van der Waals surface area contributed by atoms with E-state index in [0.29, 0.717) is 0 Å². The summed E-state index contributed by atoms with van der Waals surface area (Å²) in [6, 6.07) is 0. The molecule has 0 amide bonds. The first-order valence-corrected chi connectivity index (χ1v) is 6.82. The third kappa shape index (κ3) is 10.2. The number of hydrogen-bond acceptors (Lipinski definition) is 1. The summed E-state index contributed by atoms with van der Waals surface area (Å²) in [5.41, 5.74) is 1.33. The number of rotatable bonds is 9. The highest BCUT2D eigenvalue weighted by Gasteiger charge is 2.03. The zero-order valence-corrected chi connectivity index (χ0v) is 11.6. The van der Waals surface area contributed by atoms with E-state index in [1.807, 2.05) is 6.08 Å². The molecule has 0 heterocycles. The van der Waals surface area contributed by atoms with E-state index in [4.69, 9.17) is 5.11 Å². The van der Waals surface area contributed by atoms with Crippen LogP contribution in [0.4, 0.5) is 0 Å². The molecule has 0 saturated carbocycles. The molecule has 0 aliphatic rings. The van der Waals surface area contributed by atoms with E-state index in [1.165, 1.54) is 37.7 Å². The monoisotopic (exact) mass is 226 g/mol. The van der Waals surface area contributed by atoms with Crippen LogP contribution in [-0.2, 0) is 0 Å². The second-order valence-corrected chi connectivity index (χ2v) is 5.56. The van der Waals surface area contributed by atoms with E-state index in [-0.39, 0.29) is 6.61 Å². The van der Waals surface area contributed by atoms with Gasteiger partial charge in [0.1, 0.15) is 0 Å². The Morgan fingerprint density at radius 2 is 1.69 bits per heavy atom. The lowest BCUT2D eigenvalue weighted by molar-refractivity contribution is 0.341. The van der Waals surface area contributed by atoms with E-state index in [2.05, 4.69) is 27.7 Å². The van der Waals surface area contributed by atoms with Crippen LogP contribution in [-0.4, -0.2) is 11.7 Å². The van der Waals surface area contributed by atoms with Crippen molar-refractivity contribution in [2.45, 2.75) is 66.2 Å². The van der Waals surface area contributed by atoms with Crippen molar-refractivity contribution in [2.24, 2.45) is 11.8 Å². The Labute approximate surface area is 102 Å². The molecular weight excluding hydrogens is 196 g/mol. The Bertz CT molecular complexity index is 182. The fourth-order valence-electron chi connectivity index (χ4n) is 2.01. The predicted octanol–water partition coefficient (Wildman–Crippen LogP) is 4.56. The zero-order valence-electron chi connectivity index (χ0n) is 11.6. The average Bonchev–Trinajstić information content (AvgIpc) is 2.17. The van der Waals surface area contributed by atoms with Gasteiger partial charge < -0.3 is 5.11 Å². The zero-order chi connectivity index (χ0) is 12.4. The number of allylic oxidation sites excluding steroid dienone is 1. The summed E-state index contributed by atoms with van der Waals surface area (Å²) in [6.07, 6.45) is 9.79. The summed E-state index contributed by atoms with van der Waals surface area (Å²) in [4.78, 5) is 0. The third-order valence-corrected chi connectivity index (χ3v) is 3.19. The quantitative estimate of drug-likeness (QED) is 0.571. The van der Waals surface area contributed by atoms with E-state index in [9.17, 15) is 0 Å². The summed E-state index contributed by atoms with van der Waals surface area (Å²) < 4.78 is 0. The highest BCUT2D eigenvalue weighted by molar-refractivity contribution is 4.97. The molecule has 0 aromatic carbocycles. The van der Waals surface area contributed by atoms with Gasteiger partial charge in [-0.25, -0.2) is 0 Å². The molecule has 1 nitrogen and oxygen atoms in total. The Kier molecular flexibility index (Phi) is 9.71. The highest BCUT2D eigenvalue weighted by atomic mass is 16.2. The summed E-state index contributed by atoms with van der Waals surface area (Å²) in [6.45, 7) is 9.27. The maximum atomic E-state index is 8.74. The molecule has 0 aliphatic heterocycles. The molecule has 0 fully saturated rings. The molecule has 1 N–H and O–H groups in total. The largest absolute Gasteiger partial charge is 0.392 e. The normalized spacial score (nSPS) is 14.5. The molecule has 0 aromatic rings. The van der Waals surface area contributed by atoms with Gasteiger partial charge in [-0.15, -0.1) is 0 Å². The van der Waals surface area contributed by atoms with Crippen molar-refractivity contribution >= 4 is 0 Å². The number of aliphatic hydroxyl groups is 1. The molecule has 0 aliphatic carbocycles. The molecular formula is C15H30O. The number of hydrogen-bond donors (Lipinski definition) is 1. The van der Waals surface area contributed by atoms with Gasteiger partial charge in [0.15, 0.2) is 0 Å². The van der Waals surface area contributed by atoms with Crippen LogP contribution >= 0.6 is 0 Å². The van der Waals surface area contributed by atoms with Crippen LogP contribution < -0.4 is 0 Å². The van der Waals surface area contributed by atoms with Gasteiger partial charge in [0.05, 0.1) is 6.61 Å².